The molecule has 2 heterocycles. The predicted molar refractivity (Wildman–Crippen MR) is 108 cm³/mol. The van der Waals surface area contributed by atoms with Crippen molar-refractivity contribution < 1.29 is 9.53 Å². The lowest BCUT2D eigenvalue weighted by Crippen LogP contribution is -2.16. The molecule has 0 unspecified atom stereocenters. The van der Waals surface area contributed by atoms with Crippen LogP contribution < -0.4 is 5.32 Å². The Bertz CT molecular complexity index is 1080. The Morgan fingerprint density at radius 1 is 1.07 bits per heavy atom. The molecule has 1 amide bonds. The fourth-order valence-corrected chi connectivity index (χ4v) is 3.41. The minimum atomic E-state index is -0.307. The third-order valence-corrected chi connectivity index (χ3v) is 4.78. The zero-order valence-corrected chi connectivity index (χ0v) is 15.9. The maximum atomic E-state index is 13.0. The number of ether oxygens (including phenoxy) is 1. The number of para-hydroxylation sites is 1. The smallest absolute Gasteiger partial charge is 0.276 e. The number of carbonyl (C=O) groups is 1. The van der Waals surface area contributed by atoms with Gasteiger partial charge in [0.05, 0.1) is 11.4 Å². The Labute approximate surface area is 165 Å². The molecule has 140 valence electrons. The number of nitrogens with one attached hydrogen (secondary N) is 1. The van der Waals surface area contributed by atoms with E-state index in [4.69, 9.17) is 4.74 Å². The molecule has 0 bridgehead atoms. The van der Waals surface area contributed by atoms with Crippen LogP contribution in [0.3, 0.4) is 0 Å². The molecule has 1 N–H and O–H groups in total. The van der Waals surface area contributed by atoms with Crippen LogP contribution in [0.25, 0.3) is 16.9 Å². The van der Waals surface area contributed by atoms with Crippen LogP contribution in [0.5, 0.6) is 0 Å². The highest BCUT2D eigenvalue weighted by Gasteiger charge is 2.19. The van der Waals surface area contributed by atoms with Gasteiger partial charge in [0, 0.05) is 12.7 Å². The van der Waals surface area contributed by atoms with Gasteiger partial charge in [0.2, 0.25) is 5.13 Å². The quantitative estimate of drug-likeness (QED) is 0.541. The molecule has 0 aliphatic heterocycles. The number of aromatic nitrogens is 4. The van der Waals surface area contributed by atoms with Gasteiger partial charge in [-0.25, -0.2) is 4.68 Å². The molecule has 0 saturated heterocycles. The molecule has 0 atom stereocenters. The highest BCUT2D eigenvalue weighted by Crippen LogP contribution is 2.23. The van der Waals surface area contributed by atoms with Crippen molar-refractivity contribution in [2.45, 2.75) is 6.61 Å². The first-order valence-electron chi connectivity index (χ1n) is 8.58. The molecule has 7 nitrogen and oxygen atoms in total. The van der Waals surface area contributed by atoms with Crippen LogP contribution in [0.1, 0.15) is 15.5 Å². The van der Waals surface area contributed by atoms with E-state index in [0.29, 0.717) is 28.1 Å². The van der Waals surface area contributed by atoms with E-state index in [1.807, 2.05) is 60.7 Å². The number of benzene rings is 2. The van der Waals surface area contributed by atoms with Gasteiger partial charge in [-0.15, -0.1) is 10.2 Å². The lowest BCUT2D eigenvalue weighted by atomic mass is 10.1. The van der Waals surface area contributed by atoms with E-state index in [-0.39, 0.29) is 5.91 Å². The summed E-state index contributed by atoms with van der Waals surface area (Å²) in [6, 6.07) is 21.1. The Morgan fingerprint density at radius 2 is 1.79 bits per heavy atom. The summed E-state index contributed by atoms with van der Waals surface area (Å²) in [5, 5.41) is 16.5. The number of hydrogen-bond donors (Lipinski definition) is 1. The summed E-state index contributed by atoms with van der Waals surface area (Å²) in [7, 11) is 1.59. The average molecular weight is 391 g/mol. The van der Waals surface area contributed by atoms with Crippen molar-refractivity contribution in [2.75, 3.05) is 12.4 Å². The molecule has 0 aliphatic rings. The fraction of sp³-hybridized carbons (Fsp3) is 0.100. The molecule has 4 rings (SSSR count). The number of methoxy groups -OCH3 is 1. The number of amides is 1. The molecule has 2 aromatic heterocycles. The maximum Gasteiger partial charge on any atom is 0.276 e. The molecular weight excluding hydrogens is 374 g/mol. The van der Waals surface area contributed by atoms with Crippen LogP contribution in [0.2, 0.25) is 0 Å². The molecule has 8 heteroatoms. The van der Waals surface area contributed by atoms with Gasteiger partial charge in [0.25, 0.3) is 5.91 Å². The van der Waals surface area contributed by atoms with Crippen molar-refractivity contribution in [2.24, 2.45) is 0 Å². The van der Waals surface area contributed by atoms with Gasteiger partial charge in [-0.05, 0) is 18.2 Å². The summed E-state index contributed by atoms with van der Waals surface area (Å²) < 4.78 is 6.67. The lowest BCUT2D eigenvalue weighted by Gasteiger charge is -2.06. The minimum Gasteiger partial charge on any atom is -0.377 e. The van der Waals surface area contributed by atoms with E-state index in [0.717, 1.165) is 11.3 Å². The first kappa shape index (κ1) is 18.0. The van der Waals surface area contributed by atoms with Gasteiger partial charge in [0.1, 0.15) is 17.3 Å². The Morgan fingerprint density at radius 3 is 2.50 bits per heavy atom. The Balaban J connectivity index is 1.69. The zero-order valence-electron chi connectivity index (χ0n) is 15.1. The molecule has 0 radical (unpaired) electrons. The molecule has 2 aromatic carbocycles. The van der Waals surface area contributed by atoms with Crippen LogP contribution in [0, 0.1) is 0 Å². The molecule has 0 aliphatic carbocycles. The van der Waals surface area contributed by atoms with E-state index < -0.39 is 0 Å². The molecule has 0 spiro atoms. The first-order chi connectivity index (χ1) is 13.7. The topological polar surface area (TPSA) is 81.9 Å². The van der Waals surface area contributed by atoms with E-state index >= 15 is 0 Å². The van der Waals surface area contributed by atoms with E-state index in [1.54, 1.807) is 17.9 Å². The Kier molecular flexibility index (Phi) is 5.22. The van der Waals surface area contributed by atoms with Gasteiger partial charge >= 0.3 is 0 Å². The second-order valence-electron chi connectivity index (χ2n) is 5.92. The SMILES string of the molecule is COCc1nnc(NC(=O)c2cc(-c3ccccc3)nn2-c2ccccc2)s1. The van der Waals surface area contributed by atoms with Crippen LogP contribution in [0.4, 0.5) is 5.13 Å². The second kappa shape index (κ2) is 8.12. The summed E-state index contributed by atoms with van der Waals surface area (Å²) in [5.74, 6) is -0.307. The van der Waals surface area contributed by atoms with Crippen LogP contribution in [0.15, 0.2) is 66.7 Å². The summed E-state index contributed by atoms with van der Waals surface area (Å²) in [5.41, 5.74) is 2.86. The number of hydrogen-bond acceptors (Lipinski definition) is 6. The maximum absolute atomic E-state index is 13.0. The number of carbonyl (C=O) groups excluding carboxylic acids is 1. The van der Waals surface area contributed by atoms with Gasteiger partial charge in [-0.3, -0.25) is 10.1 Å². The second-order valence-corrected chi connectivity index (χ2v) is 6.98. The van der Waals surface area contributed by atoms with E-state index in [2.05, 4.69) is 20.6 Å². The van der Waals surface area contributed by atoms with Crippen molar-refractivity contribution in [3.8, 4) is 16.9 Å². The monoisotopic (exact) mass is 391 g/mol. The van der Waals surface area contributed by atoms with Crippen LogP contribution in [-0.2, 0) is 11.3 Å². The third-order valence-electron chi connectivity index (χ3n) is 3.97. The van der Waals surface area contributed by atoms with Gasteiger partial charge in [0.15, 0.2) is 0 Å². The Hall–Kier alpha value is -3.36. The normalized spacial score (nSPS) is 10.8. The summed E-state index contributed by atoms with van der Waals surface area (Å²) in [6.07, 6.45) is 0. The zero-order chi connectivity index (χ0) is 19.3. The van der Waals surface area contributed by atoms with E-state index in [1.165, 1.54) is 11.3 Å². The summed E-state index contributed by atoms with van der Waals surface area (Å²) in [6.45, 7) is 0.355. The highest BCUT2D eigenvalue weighted by atomic mass is 32.1. The van der Waals surface area contributed by atoms with Crippen molar-refractivity contribution in [3.05, 3.63) is 77.4 Å². The number of nitrogens with zero attached hydrogens (tertiary/aromatic N) is 4. The molecule has 0 fully saturated rings. The molecule has 4 aromatic rings. The average Bonchev–Trinajstić information content (AvgIpc) is 3.37. The van der Waals surface area contributed by atoms with Crippen molar-refractivity contribution in [1.82, 2.24) is 20.0 Å². The van der Waals surface area contributed by atoms with Crippen molar-refractivity contribution >= 4 is 22.4 Å². The number of rotatable bonds is 6. The molecule has 28 heavy (non-hydrogen) atoms. The van der Waals surface area contributed by atoms with Crippen LogP contribution in [-0.4, -0.2) is 33.0 Å². The molecule has 0 saturated carbocycles. The minimum absolute atomic E-state index is 0.307. The summed E-state index contributed by atoms with van der Waals surface area (Å²) in [4.78, 5) is 13.0. The van der Waals surface area contributed by atoms with E-state index in [9.17, 15) is 4.79 Å². The van der Waals surface area contributed by atoms with Crippen molar-refractivity contribution in [3.63, 3.8) is 0 Å². The van der Waals surface area contributed by atoms with Gasteiger partial charge in [-0.1, -0.05) is 59.9 Å². The largest absolute Gasteiger partial charge is 0.377 e. The number of anilines is 1. The molecular formula is C20H17N5O2S. The fourth-order valence-electron chi connectivity index (χ4n) is 2.71. The van der Waals surface area contributed by atoms with Gasteiger partial charge < -0.3 is 4.74 Å². The van der Waals surface area contributed by atoms with Crippen molar-refractivity contribution in [1.29, 1.82) is 0 Å². The highest BCUT2D eigenvalue weighted by molar-refractivity contribution is 7.15. The summed E-state index contributed by atoms with van der Waals surface area (Å²) >= 11 is 1.28. The third kappa shape index (κ3) is 3.83. The first-order valence-corrected chi connectivity index (χ1v) is 9.40. The lowest BCUT2D eigenvalue weighted by molar-refractivity contribution is 0.101. The standard InChI is InChI=1S/C20H17N5O2S/c1-27-13-18-22-23-20(28-18)21-19(26)17-12-16(14-8-4-2-5-9-14)24-25(17)15-10-6-3-7-11-15/h2-12H,13H2,1H3,(H,21,23,26). The predicted octanol–water partition coefficient (Wildman–Crippen LogP) is 3.79. The van der Waals surface area contributed by atoms with Crippen LogP contribution >= 0.6 is 11.3 Å². The van der Waals surface area contributed by atoms with Gasteiger partial charge in [-0.2, -0.15) is 5.10 Å².